The molecule has 0 saturated heterocycles. The first-order valence-corrected chi connectivity index (χ1v) is 2.03. The predicted molar refractivity (Wildman–Crippen MR) is 20.7 cm³/mol. The molecular weight excluding hydrogens is 126 g/mol. The van der Waals surface area contributed by atoms with Gasteiger partial charge in [-0.2, -0.15) is 0 Å². The van der Waals surface area contributed by atoms with E-state index in [0.29, 0.717) is 6.29 Å². The Labute approximate surface area is 66.5 Å². The molecule has 0 saturated carbocycles. The molecule has 0 radical (unpaired) electrons. The fourth-order valence-corrected chi connectivity index (χ4v) is 0.183. The molecule has 0 fully saturated rings. The van der Waals surface area contributed by atoms with Gasteiger partial charge >= 0.3 is 38.2 Å². The maximum Gasteiger partial charge on any atom is 1.00 e. The molecule has 0 rings (SSSR count). The van der Waals surface area contributed by atoms with E-state index in [2.05, 4.69) is 4.52 Å². The Kier molecular flexibility index (Phi) is 15.0. The smallest absolute Gasteiger partial charge is 1.00 e. The van der Waals surface area contributed by atoms with Crippen LogP contribution in [0.25, 0.3) is 0 Å². The standard InChI is InChI=1S/C2H3O3P.Na.H/c3-1-2-5-6-4;;/h1H,2H2;;/q;+1;-1. The van der Waals surface area contributed by atoms with Gasteiger partial charge in [-0.15, -0.1) is 0 Å². The molecule has 0 aromatic carbocycles. The van der Waals surface area contributed by atoms with E-state index in [-0.39, 0.29) is 37.6 Å². The van der Waals surface area contributed by atoms with Crippen molar-refractivity contribution in [2.24, 2.45) is 0 Å². The van der Waals surface area contributed by atoms with Crippen LogP contribution in [-0.4, -0.2) is 12.9 Å². The van der Waals surface area contributed by atoms with Crippen molar-refractivity contribution in [2.75, 3.05) is 6.61 Å². The van der Waals surface area contributed by atoms with Crippen LogP contribution in [0.4, 0.5) is 0 Å². The van der Waals surface area contributed by atoms with Crippen molar-refractivity contribution in [3.05, 3.63) is 0 Å². The van der Waals surface area contributed by atoms with Crippen LogP contribution in [-0.2, 0) is 13.9 Å². The molecule has 0 atom stereocenters. The summed E-state index contributed by atoms with van der Waals surface area (Å²) in [5, 5.41) is 0. The Balaban J connectivity index is -0.000000125. The van der Waals surface area contributed by atoms with Crippen molar-refractivity contribution in [2.45, 2.75) is 0 Å². The van der Waals surface area contributed by atoms with E-state index in [4.69, 9.17) is 0 Å². The first-order valence-electron chi connectivity index (χ1n) is 1.30. The van der Waals surface area contributed by atoms with Crippen LogP contribution in [0.2, 0.25) is 0 Å². The van der Waals surface area contributed by atoms with Gasteiger partial charge in [-0.25, -0.2) is 4.57 Å². The van der Waals surface area contributed by atoms with E-state index in [1.54, 1.807) is 0 Å². The number of carbonyl (C=O) groups is 1. The monoisotopic (exact) mass is 130 g/mol. The SMILES string of the molecule is O=CCOP=O.[H-].[Na+]. The molecule has 36 valence electrons. The van der Waals surface area contributed by atoms with Crippen LogP contribution < -0.4 is 29.6 Å². The van der Waals surface area contributed by atoms with Gasteiger partial charge in [-0.05, 0) is 0 Å². The summed E-state index contributed by atoms with van der Waals surface area (Å²) in [5.74, 6) is 0. The third kappa shape index (κ3) is 10.8. The first kappa shape index (κ1) is 10.7. The minimum atomic E-state index is -0.436. The summed E-state index contributed by atoms with van der Waals surface area (Å²) in [4.78, 5) is 9.30. The number of rotatable bonds is 3. The van der Waals surface area contributed by atoms with E-state index >= 15 is 0 Å². The van der Waals surface area contributed by atoms with Gasteiger partial charge in [0.15, 0.2) is 0 Å². The molecule has 0 aliphatic rings. The molecule has 7 heavy (non-hydrogen) atoms. The van der Waals surface area contributed by atoms with Crippen molar-refractivity contribution in [3.8, 4) is 0 Å². The maximum absolute atomic E-state index is 9.30. The van der Waals surface area contributed by atoms with Gasteiger partial charge in [0.05, 0.1) is 0 Å². The minimum absolute atomic E-state index is 0. The van der Waals surface area contributed by atoms with Crippen LogP contribution in [0.3, 0.4) is 0 Å². The molecule has 0 N–H and O–H groups in total. The molecule has 0 aromatic heterocycles. The average molecular weight is 130 g/mol. The Morgan fingerprint density at radius 3 is 2.57 bits per heavy atom. The van der Waals surface area contributed by atoms with Gasteiger partial charge < -0.3 is 6.22 Å². The molecule has 0 aromatic rings. The Hall–Kier alpha value is 0.730. The third-order valence-electron chi connectivity index (χ3n) is 0.195. The average Bonchev–Trinajstić information content (AvgIpc) is 1.61. The van der Waals surface area contributed by atoms with Crippen LogP contribution in [0.15, 0.2) is 0 Å². The second-order valence-electron chi connectivity index (χ2n) is 0.537. The molecular formula is C2H4NaO3P. The molecule has 0 spiro atoms. The molecule has 0 amide bonds. The molecule has 0 unspecified atom stereocenters. The molecule has 0 bridgehead atoms. The number of aldehydes is 1. The fraction of sp³-hybridized carbons (Fsp3) is 0.500. The summed E-state index contributed by atoms with van der Waals surface area (Å²) >= 11 is 0. The van der Waals surface area contributed by atoms with Gasteiger partial charge in [0, 0.05) is 0 Å². The van der Waals surface area contributed by atoms with Gasteiger partial charge in [-0.1, -0.05) is 0 Å². The molecule has 0 aliphatic carbocycles. The van der Waals surface area contributed by atoms with Crippen molar-refractivity contribution in [1.29, 1.82) is 0 Å². The first-order chi connectivity index (χ1) is 2.91. The quantitative estimate of drug-likeness (QED) is 0.184. The Bertz CT molecular complexity index is 53.2. The van der Waals surface area contributed by atoms with E-state index in [1.807, 2.05) is 0 Å². The summed E-state index contributed by atoms with van der Waals surface area (Å²) in [6.07, 6.45) is 0.533. The molecule has 0 aliphatic heterocycles. The van der Waals surface area contributed by atoms with Crippen molar-refractivity contribution >= 4 is 15.0 Å². The predicted octanol–water partition coefficient (Wildman–Crippen LogP) is -2.47. The second-order valence-corrected chi connectivity index (χ2v) is 0.944. The fourth-order valence-electron chi connectivity index (χ4n) is 0.0609. The van der Waals surface area contributed by atoms with Crippen LogP contribution >= 0.6 is 8.69 Å². The zero-order chi connectivity index (χ0) is 4.83. The van der Waals surface area contributed by atoms with E-state index in [1.165, 1.54) is 0 Å². The van der Waals surface area contributed by atoms with Crippen LogP contribution in [0, 0.1) is 0 Å². The van der Waals surface area contributed by atoms with E-state index in [0.717, 1.165) is 0 Å². The minimum Gasteiger partial charge on any atom is -1.00 e. The van der Waals surface area contributed by atoms with Crippen molar-refractivity contribution in [3.63, 3.8) is 0 Å². The van der Waals surface area contributed by atoms with E-state index < -0.39 is 8.69 Å². The second kappa shape index (κ2) is 9.88. The number of hydrogen-bond donors (Lipinski definition) is 0. The zero-order valence-corrected chi connectivity index (χ0v) is 6.85. The summed E-state index contributed by atoms with van der Waals surface area (Å²) < 4.78 is 13.3. The summed E-state index contributed by atoms with van der Waals surface area (Å²) in [7, 11) is -0.436. The van der Waals surface area contributed by atoms with Gasteiger partial charge in [0.1, 0.15) is 12.9 Å². The number of hydrogen-bond acceptors (Lipinski definition) is 3. The maximum atomic E-state index is 9.30. The van der Waals surface area contributed by atoms with E-state index in [9.17, 15) is 9.36 Å². The normalized spacial score (nSPS) is 7.43. The summed E-state index contributed by atoms with van der Waals surface area (Å²) in [6.45, 7) is -0.0922. The zero-order valence-electron chi connectivity index (χ0n) is 4.96. The molecule has 5 heteroatoms. The largest absolute Gasteiger partial charge is 1.00 e. The third-order valence-corrected chi connectivity index (χ3v) is 0.450. The van der Waals surface area contributed by atoms with Crippen molar-refractivity contribution < 1.29 is 44.9 Å². The Morgan fingerprint density at radius 2 is 2.43 bits per heavy atom. The summed E-state index contributed by atoms with van der Waals surface area (Å²) in [6, 6.07) is 0. The van der Waals surface area contributed by atoms with Gasteiger partial charge in [-0.3, -0.25) is 4.52 Å². The van der Waals surface area contributed by atoms with Crippen molar-refractivity contribution in [1.82, 2.24) is 0 Å². The Morgan fingerprint density at radius 1 is 1.86 bits per heavy atom. The number of carbonyl (C=O) groups excluding carboxylic acids is 1. The van der Waals surface area contributed by atoms with Crippen LogP contribution in [0.5, 0.6) is 0 Å². The summed E-state index contributed by atoms with van der Waals surface area (Å²) in [5.41, 5.74) is 0. The molecule has 0 heterocycles. The molecule has 3 nitrogen and oxygen atoms in total. The van der Waals surface area contributed by atoms with Crippen LogP contribution in [0.1, 0.15) is 1.43 Å². The van der Waals surface area contributed by atoms with Gasteiger partial charge in [0.2, 0.25) is 0 Å². The topological polar surface area (TPSA) is 43.4 Å². The van der Waals surface area contributed by atoms with Gasteiger partial charge in [0.25, 0.3) is 0 Å².